The third-order valence-corrected chi connectivity index (χ3v) is 6.44. The van der Waals surface area contributed by atoms with Crippen molar-refractivity contribution in [2.24, 2.45) is 0 Å². The number of nitrogens with zero attached hydrogens (tertiary/aromatic N) is 3. The summed E-state index contributed by atoms with van der Waals surface area (Å²) in [6.07, 6.45) is 2.98. The average Bonchev–Trinajstić information content (AvgIpc) is 2.74. The first-order valence-corrected chi connectivity index (χ1v) is 10.6. The van der Waals surface area contributed by atoms with Gasteiger partial charge in [-0.1, -0.05) is 23.2 Å². The molecule has 1 saturated heterocycles. The number of nitrogens with two attached hydrogens (primary N) is 1. The first-order valence-electron chi connectivity index (χ1n) is 9.88. The highest BCUT2D eigenvalue weighted by Gasteiger charge is 2.29. The fraction of sp³-hybridized carbons (Fsp3) is 0.364. The molecule has 1 aliphatic heterocycles. The van der Waals surface area contributed by atoms with Gasteiger partial charge in [-0.2, -0.15) is 0 Å². The number of benzene rings is 1. The van der Waals surface area contributed by atoms with Gasteiger partial charge in [-0.05, 0) is 31.9 Å². The molecule has 1 fully saturated rings. The lowest BCUT2D eigenvalue weighted by molar-refractivity contribution is 0.0350. The van der Waals surface area contributed by atoms with E-state index in [4.69, 9.17) is 43.4 Å². The number of methoxy groups -OCH3 is 2. The second-order valence-corrected chi connectivity index (χ2v) is 8.69. The molecule has 2 aromatic heterocycles. The number of hydrogen-bond acceptors (Lipinski definition) is 7. The van der Waals surface area contributed by atoms with E-state index < -0.39 is 5.60 Å². The van der Waals surface area contributed by atoms with Crippen LogP contribution in [0.15, 0.2) is 24.4 Å². The summed E-state index contributed by atoms with van der Waals surface area (Å²) in [6, 6.07) is 5.33. The maximum atomic E-state index is 10.4. The molecule has 0 bridgehead atoms. The molecule has 1 aliphatic rings. The van der Waals surface area contributed by atoms with Gasteiger partial charge in [0.15, 0.2) is 0 Å². The number of pyridine rings is 2. The van der Waals surface area contributed by atoms with E-state index in [1.54, 1.807) is 12.3 Å². The number of fused-ring (bicyclic) bond motifs is 1. The first kappa shape index (κ1) is 21.7. The van der Waals surface area contributed by atoms with E-state index in [-0.39, 0.29) is 0 Å². The molecule has 0 radical (unpaired) electrons. The molecular formula is C22H24Cl2N4O3. The summed E-state index contributed by atoms with van der Waals surface area (Å²) in [6.45, 7) is 3.17. The molecule has 3 heterocycles. The molecule has 3 aromatic rings. The number of aromatic nitrogens is 2. The van der Waals surface area contributed by atoms with Crippen LogP contribution in [-0.4, -0.2) is 48.0 Å². The number of anilines is 2. The lowest BCUT2D eigenvalue weighted by Gasteiger charge is -2.37. The van der Waals surface area contributed by atoms with Gasteiger partial charge in [0.2, 0.25) is 0 Å². The summed E-state index contributed by atoms with van der Waals surface area (Å²) < 4.78 is 10.8. The Morgan fingerprint density at radius 3 is 2.26 bits per heavy atom. The van der Waals surface area contributed by atoms with Gasteiger partial charge >= 0.3 is 0 Å². The van der Waals surface area contributed by atoms with Crippen molar-refractivity contribution >= 4 is 45.6 Å². The van der Waals surface area contributed by atoms with Gasteiger partial charge in [-0.3, -0.25) is 0 Å². The number of halogens is 2. The van der Waals surface area contributed by atoms with E-state index in [2.05, 4.69) is 9.88 Å². The van der Waals surface area contributed by atoms with Crippen LogP contribution in [0.4, 0.5) is 11.6 Å². The van der Waals surface area contributed by atoms with E-state index in [0.29, 0.717) is 64.6 Å². The summed E-state index contributed by atoms with van der Waals surface area (Å²) in [4.78, 5) is 11.3. The highest BCUT2D eigenvalue weighted by molar-refractivity contribution is 6.41. The SMILES string of the molecule is COc1cc(OC)c(Cl)c(-c2cc3cnc(N)cc3c(N3CCC(C)(O)CC3)n2)c1Cl. The predicted octanol–water partition coefficient (Wildman–Crippen LogP) is 4.55. The van der Waals surface area contributed by atoms with Gasteiger partial charge in [-0.25, -0.2) is 9.97 Å². The molecule has 1 aromatic carbocycles. The van der Waals surface area contributed by atoms with Crippen LogP contribution in [0, 0.1) is 0 Å². The van der Waals surface area contributed by atoms with Gasteiger partial charge in [0.05, 0.1) is 35.6 Å². The minimum atomic E-state index is -0.683. The van der Waals surface area contributed by atoms with Crippen LogP contribution in [0.2, 0.25) is 10.0 Å². The molecule has 3 N–H and O–H groups in total. The molecule has 0 spiro atoms. The average molecular weight is 463 g/mol. The van der Waals surface area contributed by atoms with Crippen molar-refractivity contribution in [1.82, 2.24) is 9.97 Å². The zero-order valence-corrected chi connectivity index (χ0v) is 19.1. The Hall–Kier alpha value is -2.48. The number of rotatable bonds is 4. The molecule has 4 rings (SSSR count). The van der Waals surface area contributed by atoms with Gasteiger partial charge in [0, 0.05) is 41.7 Å². The van der Waals surface area contributed by atoms with Crippen molar-refractivity contribution in [3.63, 3.8) is 0 Å². The number of ether oxygens (including phenoxy) is 2. The van der Waals surface area contributed by atoms with Gasteiger partial charge in [0.25, 0.3) is 0 Å². The summed E-state index contributed by atoms with van der Waals surface area (Å²) in [5, 5.41) is 12.8. The monoisotopic (exact) mass is 462 g/mol. The molecule has 0 saturated carbocycles. The highest BCUT2D eigenvalue weighted by atomic mass is 35.5. The highest BCUT2D eigenvalue weighted by Crippen LogP contribution is 2.46. The second-order valence-electron chi connectivity index (χ2n) is 7.93. The van der Waals surface area contributed by atoms with Crippen LogP contribution >= 0.6 is 23.2 Å². The Balaban J connectivity index is 1.94. The molecule has 31 heavy (non-hydrogen) atoms. The van der Waals surface area contributed by atoms with Gasteiger partial charge < -0.3 is 25.2 Å². The van der Waals surface area contributed by atoms with Crippen molar-refractivity contribution in [3.05, 3.63) is 34.4 Å². The molecule has 0 atom stereocenters. The lowest BCUT2D eigenvalue weighted by Crippen LogP contribution is -2.42. The van der Waals surface area contributed by atoms with E-state index in [0.717, 1.165) is 16.6 Å². The molecule has 9 heteroatoms. The fourth-order valence-electron chi connectivity index (χ4n) is 3.82. The maximum absolute atomic E-state index is 10.4. The van der Waals surface area contributed by atoms with E-state index in [1.165, 1.54) is 14.2 Å². The van der Waals surface area contributed by atoms with Crippen molar-refractivity contribution in [2.75, 3.05) is 37.9 Å². The second kappa shape index (κ2) is 8.22. The normalized spacial score (nSPS) is 15.9. The zero-order chi connectivity index (χ0) is 22.3. The van der Waals surface area contributed by atoms with Gasteiger partial charge in [-0.15, -0.1) is 0 Å². The topological polar surface area (TPSA) is 93.7 Å². The van der Waals surface area contributed by atoms with Crippen molar-refractivity contribution in [2.45, 2.75) is 25.4 Å². The molecular weight excluding hydrogens is 439 g/mol. The van der Waals surface area contributed by atoms with Crippen LogP contribution < -0.4 is 20.1 Å². The third-order valence-electron chi connectivity index (χ3n) is 5.69. The number of hydrogen-bond donors (Lipinski definition) is 2. The van der Waals surface area contributed by atoms with Crippen LogP contribution in [-0.2, 0) is 0 Å². The number of piperidine rings is 1. The van der Waals surface area contributed by atoms with E-state index >= 15 is 0 Å². The van der Waals surface area contributed by atoms with Crippen molar-refractivity contribution < 1.29 is 14.6 Å². The molecule has 7 nitrogen and oxygen atoms in total. The third kappa shape index (κ3) is 4.05. The van der Waals surface area contributed by atoms with Crippen LogP contribution in [0.25, 0.3) is 22.0 Å². The van der Waals surface area contributed by atoms with Crippen LogP contribution in [0.5, 0.6) is 11.5 Å². The van der Waals surface area contributed by atoms with E-state index in [1.807, 2.05) is 19.1 Å². The van der Waals surface area contributed by atoms with Crippen LogP contribution in [0.1, 0.15) is 19.8 Å². The Kier molecular flexibility index (Phi) is 5.77. The standard InChI is InChI=1S/C22H24Cl2N4O3/c1-22(29)4-6-28(7-5-22)21-13-9-17(25)26-11-12(13)8-14(27-21)18-19(23)15(30-2)10-16(31-3)20(18)24/h8-11,29H,4-7H2,1-3H3,(H2,25,26). The van der Waals surface area contributed by atoms with Crippen molar-refractivity contribution in [1.29, 1.82) is 0 Å². The first-order chi connectivity index (χ1) is 14.7. The molecule has 0 aliphatic carbocycles. The quantitative estimate of drug-likeness (QED) is 0.586. The lowest BCUT2D eigenvalue weighted by atomic mass is 9.93. The van der Waals surface area contributed by atoms with Crippen LogP contribution in [0.3, 0.4) is 0 Å². The molecule has 0 unspecified atom stereocenters. The molecule has 164 valence electrons. The number of nitrogen functional groups attached to an aromatic ring is 1. The Bertz CT molecular complexity index is 1120. The smallest absolute Gasteiger partial charge is 0.141 e. The Morgan fingerprint density at radius 2 is 1.68 bits per heavy atom. The predicted molar refractivity (Wildman–Crippen MR) is 125 cm³/mol. The number of aliphatic hydroxyl groups is 1. The summed E-state index contributed by atoms with van der Waals surface area (Å²) in [5.41, 5.74) is 6.37. The summed E-state index contributed by atoms with van der Waals surface area (Å²) >= 11 is 13.3. The summed E-state index contributed by atoms with van der Waals surface area (Å²) in [5.74, 6) is 2.02. The Labute approximate surface area is 190 Å². The maximum Gasteiger partial charge on any atom is 0.141 e. The van der Waals surface area contributed by atoms with Crippen molar-refractivity contribution in [3.8, 4) is 22.8 Å². The largest absolute Gasteiger partial charge is 0.495 e. The summed E-state index contributed by atoms with van der Waals surface area (Å²) in [7, 11) is 3.06. The Morgan fingerprint density at radius 1 is 1.06 bits per heavy atom. The van der Waals surface area contributed by atoms with Gasteiger partial charge in [0.1, 0.15) is 23.1 Å². The fourth-order valence-corrected chi connectivity index (χ4v) is 4.52. The van der Waals surface area contributed by atoms with E-state index in [9.17, 15) is 5.11 Å². The molecule has 0 amide bonds. The zero-order valence-electron chi connectivity index (χ0n) is 17.6. The minimum absolute atomic E-state index is 0.344. The minimum Gasteiger partial charge on any atom is -0.495 e.